The van der Waals surface area contributed by atoms with Gasteiger partial charge in [0.15, 0.2) is 10.9 Å². The summed E-state index contributed by atoms with van der Waals surface area (Å²) in [6, 6.07) is 24.6. The third-order valence-electron chi connectivity index (χ3n) is 8.27. The molecule has 3 aromatic carbocycles. The Morgan fingerprint density at radius 1 is 0.714 bits per heavy atom. The molecule has 2 radical (unpaired) electrons. The number of carboxylic acids is 4. The summed E-state index contributed by atoms with van der Waals surface area (Å²) in [4.78, 5) is 72.6. The summed E-state index contributed by atoms with van der Waals surface area (Å²) in [5.74, 6) is -5.85. The Hall–Kier alpha value is -5.34. The van der Waals surface area contributed by atoms with Gasteiger partial charge in [0.2, 0.25) is 11.5 Å². The maximum atomic E-state index is 12.3. The molecule has 0 amide bonds. The minimum atomic E-state index is -1.39. The standard InChI is InChI=1S/C23H16O11.C16H19ClN2.C4H4O4.2Na/c24-11(9-31-14-3-1-5-16-20(14)12(25)7-18(33-16)22(27)28)10-32-15-4-2-6-17-21(15)13(26)8-19(34-17)23(29)30;1-19(2)12-10-15(16-5-3-4-11-18-16)13-6-8-14(17)9-7-13;5-3(6)1-2-4(7)8;;/h1-8,11,24H,9-10H2,(H,27,28)(H,29,30);3-9,11,15H,10,12H2,1-2H3;1-2H,(H,5,6)(H,7,8);;/b;;2-1-;;. The number of aliphatic carboxylic acids is 2. The molecule has 0 saturated heterocycles. The molecule has 0 saturated carbocycles. The van der Waals surface area contributed by atoms with Crippen molar-refractivity contribution in [3.63, 3.8) is 0 Å². The van der Waals surface area contributed by atoms with Crippen molar-refractivity contribution in [1.82, 2.24) is 9.88 Å². The molecule has 3 heterocycles. The number of fused-ring (bicyclic) bond motifs is 2. The Kier molecular flexibility index (Phi) is 22.5. The van der Waals surface area contributed by atoms with Crippen LogP contribution < -0.4 is 20.3 Å². The summed E-state index contributed by atoms with van der Waals surface area (Å²) in [6.45, 7) is 0.424. The Morgan fingerprint density at radius 3 is 1.59 bits per heavy atom. The molecule has 6 aromatic rings. The molecule has 20 heteroatoms. The van der Waals surface area contributed by atoms with Crippen molar-refractivity contribution >= 4 is 117 Å². The molecule has 320 valence electrons. The van der Waals surface area contributed by atoms with Gasteiger partial charge < -0.3 is 48.7 Å². The van der Waals surface area contributed by atoms with Crippen molar-refractivity contribution in [2.24, 2.45) is 0 Å². The number of pyridine rings is 1. The van der Waals surface area contributed by atoms with Crippen LogP contribution in [0.5, 0.6) is 11.5 Å². The molecular weight excluding hydrogens is 866 g/mol. The summed E-state index contributed by atoms with van der Waals surface area (Å²) >= 11 is 5.97. The van der Waals surface area contributed by atoms with Gasteiger partial charge >= 0.3 is 23.9 Å². The summed E-state index contributed by atoms with van der Waals surface area (Å²) in [5, 5.41) is 44.8. The maximum Gasteiger partial charge on any atom is 0.371 e. The normalized spacial score (nSPS) is 11.0. The minimum absolute atomic E-state index is 0. The maximum absolute atomic E-state index is 12.3. The minimum Gasteiger partial charge on any atom is -0.490 e. The first-order valence-corrected chi connectivity index (χ1v) is 18.4. The average Bonchev–Trinajstić information content (AvgIpc) is 3.22. The third kappa shape index (κ3) is 16.7. The van der Waals surface area contributed by atoms with E-state index >= 15 is 0 Å². The summed E-state index contributed by atoms with van der Waals surface area (Å²) in [7, 11) is 4.19. The van der Waals surface area contributed by atoms with Crippen molar-refractivity contribution in [3.8, 4) is 11.5 Å². The van der Waals surface area contributed by atoms with Crippen molar-refractivity contribution < 1.29 is 63.0 Å². The molecule has 0 bridgehead atoms. The second kappa shape index (κ2) is 26.3. The van der Waals surface area contributed by atoms with E-state index in [1.807, 2.05) is 30.5 Å². The fourth-order valence-electron chi connectivity index (χ4n) is 5.52. The molecular formula is C43H39ClN2Na2O15. The first-order chi connectivity index (χ1) is 29.0. The number of halogens is 1. The predicted molar refractivity (Wildman–Crippen MR) is 233 cm³/mol. The van der Waals surface area contributed by atoms with Crippen LogP contribution in [0, 0.1) is 0 Å². The first-order valence-electron chi connectivity index (χ1n) is 18.0. The van der Waals surface area contributed by atoms with Crippen LogP contribution in [0.3, 0.4) is 0 Å². The first kappa shape index (κ1) is 53.8. The molecule has 0 spiro atoms. The molecule has 0 aliphatic rings. The zero-order valence-electron chi connectivity index (χ0n) is 34.5. The average molecular weight is 905 g/mol. The van der Waals surface area contributed by atoms with Crippen LogP contribution in [0.2, 0.25) is 5.02 Å². The number of carboxylic acid groups (broad SMARTS) is 4. The van der Waals surface area contributed by atoms with Gasteiger partial charge in [0.1, 0.15) is 52.8 Å². The van der Waals surface area contributed by atoms with Gasteiger partial charge in [-0.2, -0.15) is 0 Å². The number of aromatic nitrogens is 1. The Balaban J connectivity index is 0.000000396. The van der Waals surface area contributed by atoms with E-state index in [9.17, 15) is 33.9 Å². The molecule has 3 aromatic heterocycles. The monoisotopic (exact) mass is 904 g/mol. The van der Waals surface area contributed by atoms with Crippen molar-refractivity contribution in [3.05, 3.63) is 158 Å². The van der Waals surface area contributed by atoms with E-state index in [1.54, 1.807) is 0 Å². The van der Waals surface area contributed by atoms with Crippen molar-refractivity contribution in [2.75, 3.05) is 33.9 Å². The van der Waals surface area contributed by atoms with E-state index in [4.69, 9.17) is 50.3 Å². The quantitative estimate of drug-likeness (QED) is 0.0679. The predicted octanol–water partition coefficient (Wildman–Crippen LogP) is 4.88. The van der Waals surface area contributed by atoms with Crippen molar-refractivity contribution in [2.45, 2.75) is 18.4 Å². The van der Waals surface area contributed by atoms with Crippen LogP contribution in [0.1, 0.15) is 44.7 Å². The van der Waals surface area contributed by atoms with E-state index < -0.39 is 52.4 Å². The Morgan fingerprint density at radius 2 is 1.19 bits per heavy atom. The topological polar surface area (TPSA) is 264 Å². The van der Waals surface area contributed by atoms with E-state index in [0.717, 1.165) is 35.8 Å². The van der Waals surface area contributed by atoms with E-state index in [-0.39, 0.29) is 106 Å². The smallest absolute Gasteiger partial charge is 0.371 e. The zero-order valence-corrected chi connectivity index (χ0v) is 39.2. The van der Waals surface area contributed by atoms with Gasteiger partial charge in [-0.05, 0) is 81.2 Å². The van der Waals surface area contributed by atoms with Crippen LogP contribution in [0.4, 0.5) is 0 Å². The number of hydrogen-bond donors (Lipinski definition) is 5. The number of carbonyl (C=O) groups is 4. The van der Waals surface area contributed by atoms with Crippen molar-refractivity contribution in [1.29, 1.82) is 0 Å². The van der Waals surface area contributed by atoms with Crippen LogP contribution in [-0.4, -0.2) is 158 Å². The number of ether oxygens (including phenoxy) is 2. The molecule has 0 aliphatic carbocycles. The molecule has 63 heavy (non-hydrogen) atoms. The Labute approximate surface area is 407 Å². The van der Waals surface area contributed by atoms with Gasteiger partial charge in [0.05, 0.1) is 0 Å². The number of rotatable bonds is 15. The van der Waals surface area contributed by atoms with E-state index in [0.29, 0.717) is 18.1 Å². The fourth-order valence-corrected chi connectivity index (χ4v) is 5.65. The molecule has 6 rings (SSSR count). The molecule has 5 N–H and O–H groups in total. The molecule has 0 aliphatic heterocycles. The van der Waals surface area contributed by atoms with Gasteiger partial charge in [-0.1, -0.05) is 41.9 Å². The molecule has 0 fully saturated rings. The summed E-state index contributed by atoms with van der Waals surface area (Å²) in [6.07, 6.45) is 2.82. The molecule has 1 unspecified atom stereocenters. The number of aromatic carboxylic acids is 2. The van der Waals surface area contributed by atoms with E-state index in [1.165, 1.54) is 42.0 Å². The summed E-state index contributed by atoms with van der Waals surface area (Å²) in [5.41, 5.74) is 1.16. The Bertz CT molecular complexity index is 2510. The van der Waals surface area contributed by atoms with Gasteiger partial charge in [-0.15, -0.1) is 0 Å². The van der Waals surface area contributed by atoms with E-state index in [2.05, 4.69) is 42.2 Å². The SMILES string of the molecule is CN(C)CCC(c1ccc(Cl)cc1)c1ccccn1.O=C(O)/C=C\C(=O)O.O=C(O)c1cc(=O)c2c(OCC(O)COc3cccc4oc(C(=O)O)cc(=O)c34)cccc2o1.[Na].[Na]. The number of benzene rings is 3. The number of nitrogens with zero attached hydrogens (tertiary/aromatic N) is 2. The third-order valence-corrected chi connectivity index (χ3v) is 8.52. The number of hydrogen-bond acceptors (Lipinski definition) is 13. The van der Waals surface area contributed by atoms with Crippen LogP contribution in [-0.2, 0) is 9.59 Å². The number of aliphatic hydroxyl groups excluding tert-OH is 1. The van der Waals surface area contributed by atoms with Gasteiger partial charge in [-0.3, -0.25) is 14.6 Å². The largest absolute Gasteiger partial charge is 0.490 e. The molecule has 1 atom stereocenters. The summed E-state index contributed by atoms with van der Waals surface area (Å²) < 4.78 is 21.4. The zero-order chi connectivity index (χ0) is 44.6. The van der Waals surface area contributed by atoms with Crippen LogP contribution in [0.15, 0.2) is 128 Å². The second-order valence-corrected chi connectivity index (χ2v) is 13.5. The molecule has 17 nitrogen and oxygen atoms in total. The van der Waals surface area contributed by atoms with Gasteiger partial charge in [0.25, 0.3) is 0 Å². The van der Waals surface area contributed by atoms with Crippen LogP contribution >= 0.6 is 11.6 Å². The fraction of sp³-hybridized carbons (Fsp3) is 0.186. The van der Waals surface area contributed by atoms with Gasteiger partial charge in [-0.25, -0.2) is 19.2 Å². The number of aliphatic hydroxyl groups is 1. The van der Waals surface area contributed by atoms with Gasteiger partial charge in [0, 0.05) is 106 Å². The second-order valence-electron chi connectivity index (χ2n) is 13.1. The van der Waals surface area contributed by atoms with Crippen LogP contribution in [0.25, 0.3) is 21.9 Å².